The molecule has 2 aromatic rings. The van der Waals surface area contributed by atoms with Gasteiger partial charge in [-0.2, -0.15) is 0 Å². The molecule has 2 rings (SSSR count). The van der Waals surface area contributed by atoms with Crippen LogP contribution in [0.2, 0.25) is 0 Å². The van der Waals surface area contributed by atoms with Crippen LogP contribution in [0, 0.1) is 6.92 Å². The van der Waals surface area contributed by atoms with Crippen molar-refractivity contribution in [3.63, 3.8) is 0 Å². The van der Waals surface area contributed by atoms with Gasteiger partial charge in [-0.3, -0.25) is 9.78 Å². The highest BCUT2D eigenvalue weighted by Crippen LogP contribution is 2.05. The molecule has 1 amide bonds. The molecule has 0 aliphatic rings. The van der Waals surface area contributed by atoms with Crippen LogP contribution >= 0.6 is 0 Å². The summed E-state index contributed by atoms with van der Waals surface area (Å²) in [4.78, 5) is 16.3. The summed E-state index contributed by atoms with van der Waals surface area (Å²) in [6.07, 6.45) is 2.32. The zero-order valence-electron chi connectivity index (χ0n) is 11.6. The number of aromatic nitrogens is 1. The minimum absolute atomic E-state index is 0.0906. The van der Waals surface area contributed by atoms with Gasteiger partial charge in [0.1, 0.15) is 0 Å². The number of pyridine rings is 1. The number of nitrogens with one attached hydrogen (secondary N) is 1. The van der Waals surface area contributed by atoms with Crippen molar-refractivity contribution in [1.82, 2.24) is 10.3 Å². The maximum absolute atomic E-state index is 12.1. The fourth-order valence-electron chi connectivity index (χ4n) is 2.01. The van der Waals surface area contributed by atoms with Crippen molar-refractivity contribution in [2.45, 2.75) is 19.9 Å². The topological polar surface area (TPSA) is 68.0 Å². The van der Waals surface area contributed by atoms with E-state index in [4.69, 9.17) is 5.73 Å². The zero-order valence-corrected chi connectivity index (χ0v) is 11.6. The average molecular weight is 269 g/mol. The van der Waals surface area contributed by atoms with Crippen LogP contribution < -0.4 is 11.1 Å². The highest BCUT2D eigenvalue weighted by Gasteiger charge is 2.06. The zero-order chi connectivity index (χ0) is 14.4. The van der Waals surface area contributed by atoms with Crippen molar-refractivity contribution in [3.05, 3.63) is 65.0 Å². The van der Waals surface area contributed by atoms with Crippen LogP contribution in [-0.2, 0) is 13.0 Å². The molecular weight excluding hydrogens is 250 g/mol. The van der Waals surface area contributed by atoms with E-state index in [9.17, 15) is 4.79 Å². The lowest BCUT2D eigenvalue weighted by atomic mass is 10.1. The number of amides is 1. The molecule has 4 heteroatoms. The molecule has 0 aliphatic carbocycles. The Hall–Kier alpha value is -2.20. The highest BCUT2D eigenvalue weighted by molar-refractivity contribution is 5.94. The largest absolute Gasteiger partial charge is 0.348 e. The van der Waals surface area contributed by atoms with E-state index in [2.05, 4.69) is 16.4 Å². The van der Waals surface area contributed by atoms with Crippen molar-refractivity contribution in [3.8, 4) is 0 Å². The number of nitrogens with zero attached hydrogens (tertiary/aromatic N) is 1. The smallest absolute Gasteiger partial charge is 0.251 e. The quantitative estimate of drug-likeness (QED) is 0.870. The summed E-state index contributed by atoms with van der Waals surface area (Å²) in [6, 6.07) is 11.6. The summed E-state index contributed by atoms with van der Waals surface area (Å²) in [7, 11) is 0. The maximum Gasteiger partial charge on any atom is 0.251 e. The molecule has 0 radical (unpaired) electrons. The molecule has 0 aliphatic heterocycles. The lowest BCUT2D eigenvalue weighted by Gasteiger charge is -2.07. The van der Waals surface area contributed by atoms with Crippen LogP contribution in [0.25, 0.3) is 0 Å². The first kappa shape index (κ1) is 14.2. The minimum Gasteiger partial charge on any atom is -0.348 e. The highest BCUT2D eigenvalue weighted by atomic mass is 16.1. The van der Waals surface area contributed by atoms with Crippen LogP contribution in [0.1, 0.15) is 27.2 Å². The molecule has 20 heavy (non-hydrogen) atoms. The molecule has 104 valence electrons. The number of carbonyl (C=O) groups is 1. The summed E-state index contributed by atoms with van der Waals surface area (Å²) in [5.41, 5.74) is 9.24. The Labute approximate surface area is 119 Å². The van der Waals surface area contributed by atoms with Gasteiger partial charge >= 0.3 is 0 Å². The Morgan fingerprint density at radius 1 is 1.30 bits per heavy atom. The fourth-order valence-corrected chi connectivity index (χ4v) is 2.01. The van der Waals surface area contributed by atoms with Gasteiger partial charge in [0.25, 0.3) is 5.91 Å². The van der Waals surface area contributed by atoms with Gasteiger partial charge in [-0.25, -0.2) is 0 Å². The number of carbonyl (C=O) groups excluding carboxylic acids is 1. The summed E-state index contributed by atoms with van der Waals surface area (Å²) >= 11 is 0. The number of hydrogen-bond donors (Lipinski definition) is 2. The Morgan fingerprint density at radius 3 is 2.90 bits per heavy atom. The van der Waals surface area contributed by atoms with E-state index in [0.717, 1.165) is 11.3 Å². The van der Waals surface area contributed by atoms with E-state index < -0.39 is 0 Å². The first-order valence-electron chi connectivity index (χ1n) is 6.68. The number of rotatable bonds is 5. The van der Waals surface area contributed by atoms with Gasteiger partial charge in [-0.15, -0.1) is 0 Å². The third-order valence-corrected chi connectivity index (χ3v) is 3.01. The predicted octanol–water partition coefficient (Wildman–Crippen LogP) is 1.82. The molecule has 0 spiro atoms. The number of hydrogen-bond acceptors (Lipinski definition) is 3. The molecule has 3 N–H and O–H groups in total. The van der Waals surface area contributed by atoms with Gasteiger partial charge in [-0.1, -0.05) is 29.8 Å². The number of benzene rings is 1. The van der Waals surface area contributed by atoms with E-state index in [0.29, 0.717) is 25.1 Å². The lowest BCUT2D eigenvalue weighted by molar-refractivity contribution is 0.0950. The number of nitrogens with two attached hydrogens (primary N) is 1. The van der Waals surface area contributed by atoms with Crippen LogP contribution in [0.5, 0.6) is 0 Å². The van der Waals surface area contributed by atoms with Gasteiger partial charge in [0.2, 0.25) is 0 Å². The molecule has 1 aromatic carbocycles. The molecule has 0 bridgehead atoms. The van der Waals surface area contributed by atoms with E-state index in [1.807, 2.05) is 25.1 Å². The maximum atomic E-state index is 12.1. The SMILES string of the molecule is Cc1cccc(CNC(=O)c2ccnc(CCN)c2)c1. The second-order valence-corrected chi connectivity index (χ2v) is 4.75. The molecule has 1 heterocycles. The molecule has 1 aromatic heterocycles. The minimum atomic E-state index is -0.0906. The molecule has 0 unspecified atom stereocenters. The van der Waals surface area contributed by atoms with Gasteiger partial charge in [0.05, 0.1) is 0 Å². The van der Waals surface area contributed by atoms with Gasteiger partial charge < -0.3 is 11.1 Å². The van der Waals surface area contributed by atoms with Crippen molar-refractivity contribution in [2.24, 2.45) is 5.73 Å². The number of aryl methyl sites for hydroxylation is 1. The second kappa shape index (κ2) is 6.82. The van der Waals surface area contributed by atoms with Gasteiger partial charge in [0, 0.05) is 30.4 Å². The third-order valence-electron chi connectivity index (χ3n) is 3.01. The van der Waals surface area contributed by atoms with Crippen molar-refractivity contribution in [2.75, 3.05) is 6.54 Å². The molecule has 0 atom stereocenters. The van der Waals surface area contributed by atoms with Crippen LogP contribution in [0.4, 0.5) is 0 Å². The fraction of sp³-hybridized carbons (Fsp3) is 0.250. The van der Waals surface area contributed by atoms with E-state index in [1.54, 1.807) is 18.3 Å². The van der Waals surface area contributed by atoms with Crippen LogP contribution in [-0.4, -0.2) is 17.4 Å². The van der Waals surface area contributed by atoms with Gasteiger partial charge in [-0.05, 0) is 31.2 Å². The molecular formula is C16H19N3O. The molecule has 0 saturated heterocycles. The summed E-state index contributed by atoms with van der Waals surface area (Å²) in [6.45, 7) is 3.09. The molecule has 0 saturated carbocycles. The predicted molar refractivity (Wildman–Crippen MR) is 79.3 cm³/mol. The second-order valence-electron chi connectivity index (χ2n) is 4.75. The normalized spacial score (nSPS) is 10.3. The first-order chi connectivity index (χ1) is 9.69. The summed E-state index contributed by atoms with van der Waals surface area (Å²) < 4.78 is 0. The average Bonchev–Trinajstić information content (AvgIpc) is 2.45. The van der Waals surface area contributed by atoms with Crippen molar-refractivity contribution >= 4 is 5.91 Å². The molecule has 0 fully saturated rings. The van der Waals surface area contributed by atoms with E-state index in [1.165, 1.54) is 5.56 Å². The summed E-state index contributed by atoms with van der Waals surface area (Å²) in [5.74, 6) is -0.0906. The van der Waals surface area contributed by atoms with E-state index in [-0.39, 0.29) is 5.91 Å². The van der Waals surface area contributed by atoms with Crippen molar-refractivity contribution in [1.29, 1.82) is 0 Å². The lowest BCUT2D eigenvalue weighted by Crippen LogP contribution is -2.23. The molecule has 4 nitrogen and oxygen atoms in total. The van der Waals surface area contributed by atoms with Crippen LogP contribution in [0.3, 0.4) is 0 Å². The standard InChI is InChI=1S/C16H19N3O/c1-12-3-2-4-13(9-12)11-19-16(20)14-6-8-18-15(10-14)5-7-17/h2-4,6,8-10H,5,7,11,17H2,1H3,(H,19,20). The Balaban J connectivity index is 1.99. The summed E-state index contributed by atoms with van der Waals surface area (Å²) in [5, 5.41) is 2.91. The Bertz CT molecular complexity index is 596. The first-order valence-corrected chi connectivity index (χ1v) is 6.68. The Kier molecular flexibility index (Phi) is 4.85. The van der Waals surface area contributed by atoms with Crippen LogP contribution in [0.15, 0.2) is 42.6 Å². The van der Waals surface area contributed by atoms with Gasteiger partial charge in [0.15, 0.2) is 0 Å². The monoisotopic (exact) mass is 269 g/mol. The van der Waals surface area contributed by atoms with Crippen molar-refractivity contribution < 1.29 is 4.79 Å². The Morgan fingerprint density at radius 2 is 2.15 bits per heavy atom. The third kappa shape index (κ3) is 3.90. The van der Waals surface area contributed by atoms with E-state index >= 15 is 0 Å².